The van der Waals surface area contributed by atoms with E-state index < -0.39 is 49.5 Å². The number of rotatable bonds is 8. The zero-order valence-corrected chi connectivity index (χ0v) is 15.7. The fourth-order valence-electron chi connectivity index (χ4n) is 2.35. The predicted octanol–water partition coefficient (Wildman–Crippen LogP) is -1.56. The first kappa shape index (κ1) is 24.3. The van der Waals surface area contributed by atoms with Gasteiger partial charge < -0.3 is 40.1 Å². The zero-order valence-electron chi connectivity index (χ0n) is 15.7. The Labute approximate surface area is 164 Å². The lowest BCUT2D eigenvalue weighted by molar-refractivity contribution is -0.311. The van der Waals surface area contributed by atoms with Gasteiger partial charge in [-0.3, -0.25) is 0 Å². The number of allylic oxidation sites excluding steroid dienone is 3. The Morgan fingerprint density at radius 1 is 1.11 bits per heavy atom. The number of unbranched alkanes of at least 4 members (excludes halogenated alkanes) is 1. The van der Waals surface area contributed by atoms with Gasteiger partial charge in [0.25, 0.3) is 0 Å². The highest BCUT2D eigenvalue weighted by Crippen LogP contribution is 2.23. The first-order chi connectivity index (χ1) is 13.5. The molecule has 0 spiro atoms. The van der Waals surface area contributed by atoms with E-state index in [0.717, 1.165) is 0 Å². The van der Waals surface area contributed by atoms with Crippen LogP contribution in [0.4, 0.5) is 0 Å². The van der Waals surface area contributed by atoms with Gasteiger partial charge in [-0.05, 0) is 37.7 Å². The summed E-state index contributed by atoms with van der Waals surface area (Å²) in [5, 5.41) is 58.2. The minimum atomic E-state index is -1.60. The Balaban J connectivity index is 2.92. The van der Waals surface area contributed by atoms with Crippen LogP contribution in [0, 0.1) is 23.7 Å². The SMILES string of the molecule is CC=CC#CC#C[C@@H](O)[C@H](C=CCCCO)O[C@@H]1O[C@H](CO)[C@@H](O)[C@H](O)[C@H]1O. The summed E-state index contributed by atoms with van der Waals surface area (Å²) in [4.78, 5) is 0. The predicted molar refractivity (Wildman–Crippen MR) is 100 cm³/mol. The van der Waals surface area contributed by atoms with Crippen LogP contribution < -0.4 is 0 Å². The van der Waals surface area contributed by atoms with Crippen molar-refractivity contribution in [1.82, 2.24) is 0 Å². The van der Waals surface area contributed by atoms with Crippen molar-refractivity contribution >= 4 is 0 Å². The molecule has 6 N–H and O–H groups in total. The molecule has 1 aliphatic heterocycles. The van der Waals surface area contributed by atoms with Crippen LogP contribution in [-0.2, 0) is 9.47 Å². The van der Waals surface area contributed by atoms with Gasteiger partial charge in [-0.25, -0.2) is 0 Å². The highest BCUT2D eigenvalue weighted by atomic mass is 16.7. The molecule has 1 saturated heterocycles. The molecule has 0 radical (unpaired) electrons. The van der Waals surface area contributed by atoms with Crippen molar-refractivity contribution in [2.45, 2.75) is 62.7 Å². The van der Waals surface area contributed by atoms with Crippen molar-refractivity contribution < 1.29 is 40.1 Å². The van der Waals surface area contributed by atoms with Crippen LogP contribution >= 0.6 is 0 Å². The maximum absolute atomic E-state index is 10.3. The first-order valence-corrected chi connectivity index (χ1v) is 9.00. The van der Waals surface area contributed by atoms with Gasteiger partial charge in [0, 0.05) is 6.61 Å². The maximum atomic E-state index is 10.3. The lowest BCUT2D eigenvalue weighted by Crippen LogP contribution is -2.60. The van der Waals surface area contributed by atoms with E-state index in [0.29, 0.717) is 12.8 Å². The van der Waals surface area contributed by atoms with Gasteiger partial charge in [0.05, 0.1) is 6.61 Å². The molecular weight excluding hydrogens is 368 g/mol. The fraction of sp³-hybridized carbons (Fsp3) is 0.600. The van der Waals surface area contributed by atoms with E-state index in [1.165, 1.54) is 6.08 Å². The largest absolute Gasteiger partial charge is 0.396 e. The van der Waals surface area contributed by atoms with Crippen LogP contribution in [-0.4, -0.2) is 86.8 Å². The lowest BCUT2D eigenvalue weighted by Gasteiger charge is -2.40. The van der Waals surface area contributed by atoms with Gasteiger partial charge in [-0.15, -0.1) is 0 Å². The zero-order chi connectivity index (χ0) is 20.9. The van der Waals surface area contributed by atoms with E-state index in [4.69, 9.17) is 14.6 Å². The second-order valence-electron chi connectivity index (χ2n) is 6.08. The van der Waals surface area contributed by atoms with Crippen molar-refractivity contribution in [2.24, 2.45) is 0 Å². The Morgan fingerprint density at radius 3 is 2.50 bits per heavy atom. The second kappa shape index (κ2) is 13.5. The summed E-state index contributed by atoms with van der Waals surface area (Å²) in [5.74, 6) is 10.2. The molecule has 156 valence electrons. The topological polar surface area (TPSA) is 140 Å². The molecule has 8 nitrogen and oxygen atoms in total. The summed E-state index contributed by atoms with van der Waals surface area (Å²) in [6, 6.07) is 0. The summed E-state index contributed by atoms with van der Waals surface area (Å²) in [5.41, 5.74) is 0. The number of aliphatic hydroxyl groups is 6. The van der Waals surface area contributed by atoms with Gasteiger partial charge in [0.15, 0.2) is 6.29 Å². The van der Waals surface area contributed by atoms with Gasteiger partial charge in [-0.2, -0.15) is 0 Å². The average molecular weight is 396 g/mol. The van der Waals surface area contributed by atoms with Crippen molar-refractivity contribution in [1.29, 1.82) is 0 Å². The Morgan fingerprint density at radius 2 is 1.86 bits per heavy atom. The van der Waals surface area contributed by atoms with E-state index in [1.807, 2.05) is 0 Å². The molecule has 0 bridgehead atoms. The molecule has 8 heteroatoms. The maximum Gasteiger partial charge on any atom is 0.187 e. The third kappa shape index (κ3) is 7.72. The smallest absolute Gasteiger partial charge is 0.187 e. The van der Waals surface area contributed by atoms with E-state index in [-0.39, 0.29) is 6.61 Å². The van der Waals surface area contributed by atoms with Crippen molar-refractivity contribution in [3.63, 3.8) is 0 Å². The van der Waals surface area contributed by atoms with Crippen molar-refractivity contribution in [3.05, 3.63) is 24.3 Å². The van der Waals surface area contributed by atoms with E-state index >= 15 is 0 Å². The number of aliphatic hydroxyl groups excluding tert-OH is 6. The molecule has 1 heterocycles. The summed E-state index contributed by atoms with van der Waals surface area (Å²) in [6.07, 6.45) is -2.07. The van der Waals surface area contributed by atoms with E-state index in [1.54, 1.807) is 25.2 Å². The summed E-state index contributed by atoms with van der Waals surface area (Å²) >= 11 is 0. The van der Waals surface area contributed by atoms with Crippen LogP contribution in [0.15, 0.2) is 24.3 Å². The van der Waals surface area contributed by atoms with Crippen LogP contribution in [0.1, 0.15) is 19.8 Å². The molecule has 1 rings (SSSR count). The molecular formula is C20H28O8. The van der Waals surface area contributed by atoms with E-state index in [2.05, 4.69) is 23.7 Å². The monoisotopic (exact) mass is 396 g/mol. The Bertz CT molecular complexity index is 622. The summed E-state index contributed by atoms with van der Waals surface area (Å²) in [7, 11) is 0. The second-order valence-corrected chi connectivity index (χ2v) is 6.08. The highest BCUT2D eigenvalue weighted by Gasteiger charge is 2.45. The standard InChI is InChI=1S/C20H28O8/c1-2-3-4-5-7-10-14(23)15(11-8-6-9-12-21)27-20-19(26)18(25)17(24)16(13-22)28-20/h2-3,8,11,14-26H,6,9,12-13H2,1H3/t14-,15+,16-,17-,18+,19-,20-/m1/s1. The molecule has 0 aliphatic carbocycles. The number of hydrogen-bond donors (Lipinski definition) is 6. The normalized spacial score (nSPS) is 29.8. The quantitative estimate of drug-likeness (QED) is 0.165. The first-order valence-electron chi connectivity index (χ1n) is 9.00. The molecule has 7 atom stereocenters. The molecule has 0 aromatic heterocycles. The molecule has 0 unspecified atom stereocenters. The molecule has 0 aromatic rings. The lowest BCUT2D eigenvalue weighted by atomic mass is 9.99. The van der Waals surface area contributed by atoms with Gasteiger partial charge in [-0.1, -0.05) is 30.1 Å². The molecule has 0 saturated carbocycles. The molecule has 1 fully saturated rings. The average Bonchev–Trinajstić information content (AvgIpc) is 2.69. The Hall–Kier alpha value is -1.72. The highest BCUT2D eigenvalue weighted by molar-refractivity contribution is 5.32. The third-order valence-electron chi connectivity index (χ3n) is 3.91. The van der Waals surface area contributed by atoms with Crippen molar-refractivity contribution in [3.8, 4) is 23.7 Å². The summed E-state index contributed by atoms with van der Waals surface area (Å²) < 4.78 is 10.9. The minimum absolute atomic E-state index is 0.00543. The third-order valence-corrected chi connectivity index (χ3v) is 3.91. The summed E-state index contributed by atoms with van der Waals surface area (Å²) in [6.45, 7) is 1.22. The number of ether oxygens (including phenoxy) is 2. The fourth-order valence-corrected chi connectivity index (χ4v) is 2.35. The van der Waals surface area contributed by atoms with Crippen molar-refractivity contribution in [2.75, 3.05) is 13.2 Å². The van der Waals surface area contributed by atoms with Crippen LogP contribution in [0.25, 0.3) is 0 Å². The van der Waals surface area contributed by atoms with E-state index in [9.17, 15) is 25.5 Å². The Kier molecular flexibility index (Phi) is 11.7. The van der Waals surface area contributed by atoms with Crippen LogP contribution in [0.2, 0.25) is 0 Å². The van der Waals surface area contributed by atoms with Crippen LogP contribution in [0.5, 0.6) is 0 Å². The van der Waals surface area contributed by atoms with Gasteiger partial charge in [0.1, 0.15) is 36.6 Å². The molecule has 0 aromatic carbocycles. The number of hydrogen-bond acceptors (Lipinski definition) is 8. The minimum Gasteiger partial charge on any atom is -0.396 e. The molecule has 1 aliphatic rings. The van der Waals surface area contributed by atoms with Gasteiger partial charge in [0.2, 0.25) is 0 Å². The molecule has 0 amide bonds. The van der Waals surface area contributed by atoms with Gasteiger partial charge >= 0.3 is 0 Å². The van der Waals surface area contributed by atoms with Crippen LogP contribution in [0.3, 0.4) is 0 Å². The molecule has 28 heavy (non-hydrogen) atoms.